The van der Waals surface area contributed by atoms with E-state index in [1.807, 2.05) is 0 Å². The number of nitrogens with one attached hydrogen (secondary N) is 2. The number of carbonyl (C=O) groups is 3. The highest BCUT2D eigenvalue weighted by Crippen LogP contribution is 2.19. The average molecular weight is 280 g/mol. The van der Waals surface area contributed by atoms with Crippen molar-refractivity contribution in [3.05, 3.63) is 28.8 Å². The fourth-order valence-corrected chi connectivity index (χ4v) is 1.55. The molecule has 0 saturated carbocycles. The summed E-state index contributed by atoms with van der Waals surface area (Å²) in [7, 11) is 1.21. The van der Waals surface area contributed by atoms with Gasteiger partial charge < -0.3 is 20.5 Å². The van der Waals surface area contributed by atoms with E-state index in [0.717, 1.165) is 5.56 Å². The maximum absolute atomic E-state index is 11.5. The molecule has 0 spiro atoms. The van der Waals surface area contributed by atoms with Gasteiger partial charge in [0.1, 0.15) is 6.54 Å². The Labute approximate surface area is 115 Å². The van der Waals surface area contributed by atoms with Gasteiger partial charge in [-0.25, -0.2) is 9.59 Å². The fraction of sp³-hybridized carbons (Fsp3) is 0.308. The first-order valence-electron chi connectivity index (χ1n) is 5.81. The molecule has 0 aromatic heterocycles. The van der Waals surface area contributed by atoms with Gasteiger partial charge in [-0.2, -0.15) is 0 Å². The van der Waals surface area contributed by atoms with Gasteiger partial charge in [0.15, 0.2) is 0 Å². The van der Waals surface area contributed by atoms with Gasteiger partial charge in [-0.3, -0.25) is 4.79 Å². The number of carboxylic acid groups (broad SMARTS) is 1. The largest absolute Gasteiger partial charge is 0.478 e. The molecule has 0 heterocycles. The standard InChI is InChI=1S/C13H16N2O5/c1-7-4-9(5-10(8(7)2)12(17)18)15-13(19)14-6-11(16)20-3/h4-5H,6H2,1-3H3,(H,17,18)(H2,14,15,19). The molecule has 7 heteroatoms. The fourth-order valence-electron chi connectivity index (χ4n) is 1.55. The van der Waals surface area contributed by atoms with Crippen molar-refractivity contribution in [1.82, 2.24) is 5.32 Å². The minimum Gasteiger partial charge on any atom is -0.478 e. The first-order chi connectivity index (χ1) is 9.35. The van der Waals surface area contributed by atoms with E-state index >= 15 is 0 Å². The first kappa shape index (κ1) is 15.5. The second kappa shape index (κ2) is 6.55. The SMILES string of the molecule is COC(=O)CNC(=O)Nc1cc(C)c(C)c(C(=O)O)c1. The summed E-state index contributed by atoms with van der Waals surface area (Å²) in [6, 6.07) is 2.40. The number of hydrogen-bond acceptors (Lipinski definition) is 4. The molecule has 0 atom stereocenters. The summed E-state index contributed by atoms with van der Waals surface area (Å²) >= 11 is 0. The Morgan fingerprint density at radius 1 is 1.25 bits per heavy atom. The molecule has 1 aromatic carbocycles. The van der Waals surface area contributed by atoms with Crippen LogP contribution in [-0.2, 0) is 9.53 Å². The summed E-state index contributed by atoms with van der Waals surface area (Å²) in [6.07, 6.45) is 0. The van der Waals surface area contributed by atoms with Crippen LogP contribution < -0.4 is 10.6 Å². The van der Waals surface area contributed by atoms with Crippen molar-refractivity contribution >= 4 is 23.7 Å². The number of anilines is 1. The van der Waals surface area contributed by atoms with E-state index in [1.165, 1.54) is 13.2 Å². The molecule has 0 fully saturated rings. The highest BCUT2D eigenvalue weighted by Gasteiger charge is 2.12. The number of carboxylic acids is 1. The predicted molar refractivity (Wildman–Crippen MR) is 71.9 cm³/mol. The summed E-state index contributed by atoms with van der Waals surface area (Å²) < 4.78 is 4.38. The van der Waals surface area contributed by atoms with Gasteiger partial charge >= 0.3 is 18.0 Å². The zero-order valence-corrected chi connectivity index (χ0v) is 11.4. The maximum Gasteiger partial charge on any atom is 0.336 e. The summed E-state index contributed by atoms with van der Waals surface area (Å²) in [4.78, 5) is 33.5. The van der Waals surface area contributed by atoms with Crippen LogP contribution in [0.2, 0.25) is 0 Å². The Morgan fingerprint density at radius 3 is 2.45 bits per heavy atom. The molecule has 0 unspecified atom stereocenters. The molecule has 0 bridgehead atoms. The molecule has 3 N–H and O–H groups in total. The van der Waals surface area contributed by atoms with Gasteiger partial charge in [0.2, 0.25) is 0 Å². The number of rotatable bonds is 4. The molecule has 0 aliphatic heterocycles. The van der Waals surface area contributed by atoms with Gasteiger partial charge in [0.25, 0.3) is 0 Å². The molecular weight excluding hydrogens is 264 g/mol. The Hall–Kier alpha value is -2.57. The Bertz CT molecular complexity index is 554. The zero-order valence-electron chi connectivity index (χ0n) is 11.4. The van der Waals surface area contributed by atoms with Crippen molar-refractivity contribution in [2.24, 2.45) is 0 Å². The van der Waals surface area contributed by atoms with Crippen molar-refractivity contribution in [3.63, 3.8) is 0 Å². The lowest BCUT2D eigenvalue weighted by Crippen LogP contribution is -2.33. The van der Waals surface area contributed by atoms with Crippen molar-refractivity contribution < 1.29 is 24.2 Å². The summed E-state index contributed by atoms with van der Waals surface area (Å²) in [5.74, 6) is -1.64. The van der Waals surface area contributed by atoms with Crippen molar-refractivity contribution in [2.45, 2.75) is 13.8 Å². The smallest absolute Gasteiger partial charge is 0.336 e. The second-order valence-corrected chi connectivity index (χ2v) is 4.15. The third-order valence-electron chi connectivity index (χ3n) is 2.78. The highest BCUT2D eigenvalue weighted by molar-refractivity contribution is 5.95. The normalized spacial score (nSPS) is 9.75. The van der Waals surface area contributed by atoms with E-state index in [4.69, 9.17) is 5.11 Å². The molecule has 0 aliphatic rings. The average Bonchev–Trinajstić information content (AvgIpc) is 2.39. The van der Waals surface area contributed by atoms with Crippen molar-refractivity contribution in [1.29, 1.82) is 0 Å². The number of carbonyl (C=O) groups excluding carboxylic acids is 2. The monoisotopic (exact) mass is 280 g/mol. The molecule has 0 saturated heterocycles. The Balaban J connectivity index is 2.80. The molecule has 1 aromatic rings. The maximum atomic E-state index is 11.5. The number of amides is 2. The van der Waals surface area contributed by atoms with E-state index < -0.39 is 18.0 Å². The van der Waals surface area contributed by atoms with Crippen LogP contribution in [0.15, 0.2) is 12.1 Å². The van der Waals surface area contributed by atoms with Crippen LogP contribution in [0.4, 0.5) is 10.5 Å². The quantitative estimate of drug-likeness (QED) is 0.721. The van der Waals surface area contributed by atoms with E-state index in [0.29, 0.717) is 11.3 Å². The van der Waals surface area contributed by atoms with Crippen LogP contribution in [-0.4, -0.2) is 36.7 Å². The molecule has 1 rings (SSSR count). The number of ether oxygens (including phenoxy) is 1. The van der Waals surface area contributed by atoms with Crippen LogP contribution in [0.25, 0.3) is 0 Å². The second-order valence-electron chi connectivity index (χ2n) is 4.15. The van der Waals surface area contributed by atoms with E-state index in [2.05, 4.69) is 15.4 Å². The molecular formula is C13H16N2O5. The molecule has 2 amide bonds. The highest BCUT2D eigenvalue weighted by atomic mass is 16.5. The first-order valence-corrected chi connectivity index (χ1v) is 5.81. The van der Waals surface area contributed by atoms with Gasteiger partial charge in [-0.05, 0) is 37.1 Å². The van der Waals surface area contributed by atoms with Gasteiger partial charge in [-0.1, -0.05) is 0 Å². The molecule has 0 aliphatic carbocycles. The molecule has 20 heavy (non-hydrogen) atoms. The van der Waals surface area contributed by atoms with Crippen LogP contribution >= 0.6 is 0 Å². The van der Waals surface area contributed by atoms with E-state index in [1.54, 1.807) is 19.9 Å². The van der Waals surface area contributed by atoms with Crippen LogP contribution in [0.1, 0.15) is 21.5 Å². The molecule has 0 radical (unpaired) electrons. The van der Waals surface area contributed by atoms with Crippen LogP contribution in [0, 0.1) is 13.8 Å². The molecule has 7 nitrogen and oxygen atoms in total. The van der Waals surface area contributed by atoms with Gasteiger partial charge in [-0.15, -0.1) is 0 Å². The van der Waals surface area contributed by atoms with Gasteiger partial charge in [0.05, 0.1) is 12.7 Å². The Morgan fingerprint density at radius 2 is 1.90 bits per heavy atom. The zero-order chi connectivity index (χ0) is 15.3. The number of urea groups is 1. The number of benzene rings is 1. The summed E-state index contributed by atoms with van der Waals surface area (Å²) in [6.45, 7) is 3.18. The lowest BCUT2D eigenvalue weighted by molar-refractivity contribution is -0.139. The third kappa shape index (κ3) is 3.98. The van der Waals surface area contributed by atoms with Crippen LogP contribution in [0.5, 0.6) is 0 Å². The number of methoxy groups -OCH3 is 1. The lowest BCUT2D eigenvalue weighted by atomic mass is 10.0. The number of aryl methyl sites for hydroxylation is 1. The lowest BCUT2D eigenvalue weighted by Gasteiger charge is -2.11. The number of esters is 1. The van der Waals surface area contributed by atoms with Crippen LogP contribution in [0.3, 0.4) is 0 Å². The number of hydrogen-bond donors (Lipinski definition) is 3. The van der Waals surface area contributed by atoms with E-state index in [9.17, 15) is 14.4 Å². The summed E-state index contributed by atoms with van der Waals surface area (Å²) in [5, 5.41) is 13.8. The van der Waals surface area contributed by atoms with E-state index in [-0.39, 0.29) is 12.1 Å². The topological polar surface area (TPSA) is 105 Å². The predicted octanol–water partition coefficient (Wildman–Crippen LogP) is 1.30. The minimum absolute atomic E-state index is 0.119. The number of aromatic carboxylic acids is 1. The third-order valence-corrected chi connectivity index (χ3v) is 2.78. The summed E-state index contributed by atoms with van der Waals surface area (Å²) in [5.41, 5.74) is 1.84. The minimum atomic E-state index is -1.07. The van der Waals surface area contributed by atoms with Gasteiger partial charge in [0, 0.05) is 5.69 Å². The van der Waals surface area contributed by atoms with Crippen molar-refractivity contribution in [3.8, 4) is 0 Å². The Kier molecular flexibility index (Phi) is 5.08. The van der Waals surface area contributed by atoms with Crippen molar-refractivity contribution in [2.75, 3.05) is 19.0 Å². The molecule has 108 valence electrons.